The van der Waals surface area contributed by atoms with Crippen LogP contribution in [0.1, 0.15) is 6.42 Å². The summed E-state index contributed by atoms with van der Waals surface area (Å²) in [6.07, 6.45) is 24.6. The smallest absolute Gasteiger partial charge is 0.0136 e. The maximum absolute atomic E-state index is 2.23. The summed E-state index contributed by atoms with van der Waals surface area (Å²) < 4.78 is 0. The largest absolute Gasteiger partial charge is 0.0801 e. The zero-order valence-electron chi connectivity index (χ0n) is 8.14. The van der Waals surface area contributed by atoms with E-state index in [2.05, 4.69) is 66.8 Å². The van der Waals surface area contributed by atoms with E-state index in [0.717, 1.165) is 6.42 Å². The first-order chi connectivity index (χ1) is 6.95. The first-order valence-electron chi connectivity index (χ1n) is 5.01. The third kappa shape index (κ3) is 2.46. The monoisotopic (exact) mass is 182 g/mol. The topological polar surface area (TPSA) is 0 Å². The fraction of sp³-hybridized carbons (Fsp3) is 0.143. The highest BCUT2D eigenvalue weighted by atomic mass is 14.0. The molecule has 0 N–H and O–H groups in total. The molecule has 0 aliphatic heterocycles. The Morgan fingerprint density at radius 3 is 2.71 bits per heavy atom. The molecule has 2 aliphatic rings. The molecule has 0 heteroatoms. The maximum Gasteiger partial charge on any atom is 0.0136 e. The molecule has 2 rings (SSSR count). The molecule has 0 saturated carbocycles. The molecular formula is C14H14. The summed E-state index contributed by atoms with van der Waals surface area (Å²) in [5, 5.41) is 0. The Bertz CT molecular complexity index is 347. The Hall–Kier alpha value is -1.56. The highest BCUT2D eigenvalue weighted by Crippen LogP contribution is 2.14. The van der Waals surface area contributed by atoms with Gasteiger partial charge in [0.05, 0.1) is 0 Å². The molecule has 0 radical (unpaired) electrons. The Morgan fingerprint density at radius 2 is 1.86 bits per heavy atom. The minimum absolute atomic E-state index is 0.493. The van der Waals surface area contributed by atoms with E-state index >= 15 is 0 Å². The Kier molecular flexibility index (Phi) is 2.97. The standard InChI is InChI=1S/C14H14/c1-2-4-8-13(7-3-1)11-12-14-9-5-6-10-14/h1-7,9-12,14H,8H2/b12-11+. The maximum atomic E-state index is 2.23. The van der Waals surface area contributed by atoms with Crippen LogP contribution < -0.4 is 0 Å². The molecule has 0 heterocycles. The summed E-state index contributed by atoms with van der Waals surface area (Å²) in [7, 11) is 0. The summed E-state index contributed by atoms with van der Waals surface area (Å²) >= 11 is 0. The molecule has 0 fully saturated rings. The van der Waals surface area contributed by atoms with Gasteiger partial charge in [0.1, 0.15) is 0 Å². The fourth-order valence-corrected chi connectivity index (χ4v) is 1.53. The molecule has 0 amide bonds. The minimum Gasteiger partial charge on any atom is -0.0801 e. The van der Waals surface area contributed by atoms with Crippen LogP contribution in [0.3, 0.4) is 0 Å². The van der Waals surface area contributed by atoms with Gasteiger partial charge in [0.2, 0.25) is 0 Å². The van der Waals surface area contributed by atoms with Crippen LogP contribution in [0.25, 0.3) is 0 Å². The molecule has 0 aromatic heterocycles. The summed E-state index contributed by atoms with van der Waals surface area (Å²) in [6.45, 7) is 0. The van der Waals surface area contributed by atoms with Crippen LogP contribution in [0, 0.1) is 5.92 Å². The van der Waals surface area contributed by atoms with Crippen LogP contribution in [-0.2, 0) is 0 Å². The van der Waals surface area contributed by atoms with E-state index < -0.39 is 0 Å². The fourth-order valence-electron chi connectivity index (χ4n) is 1.53. The second kappa shape index (κ2) is 4.61. The van der Waals surface area contributed by atoms with Crippen LogP contribution >= 0.6 is 0 Å². The highest BCUT2D eigenvalue weighted by molar-refractivity contribution is 5.33. The van der Waals surface area contributed by atoms with E-state index in [9.17, 15) is 0 Å². The zero-order chi connectivity index (χ0) is 9.64. The van der Waals surface area contributed by atoms with Gasteiger partial charge in [-0.2, -0.15) is 0 Å². The second-order valence-electron chi connectivity index (χ2n) is 3.47. The normalized spacial score (nSPS) is 20.7. The van der Waals surface area contributed by atoms with Gasteiger partial charge in [0, 0.05) is 5.92 Å². The highest BCUT2D eigenvalue weighted by Gasteiger charge is 1.97. The molecule has 0 aromatic carbocycles. The summed E-state index contributed by atoms with van der Waals surface area (Å²) in [4.78, 5) is 0. The van der Waals surface area contributed by atoms with Gasteiger partial charge in [0.15, 0.2) is 0 Å². The van der Waals surface area contributed by atoms with Gasteiger partial charge in [-0.25, -0.2) is 0 Å². The van der Waals surface area contributed by atoms with Crippen molar-refractivity contribution in [2.75, 3.05) is 0 Å². The first kappa shape index (κ1) is 9.01. The van der Waals surface area contributed by atoms with Crippen LogP contribution in [0.2, 0.25) is 0 Å². The Labute approximate surface area is 85.3 Å². The van der Waals surface area contributed by atoms with E-state index in [1.165, 1.54) is 5.57 Å². The molecule has 0 bridgehead atoms. The molecule has 0 aromatic rings. The van der Waals surface area contributed by atoms with Gasteiger partial charge in [0.25, 0.3) is 0 Å². The van der Waals surface area contributed by atoms with Crippen molar-refractivity contribution in [1.82, 2.24) is 0 Å². The SMILES string of the molecule is C1=CC=C(/C=C/C2C=CC=C2)CC=C1. The molecular weight excluding hydrogens is 168 g/mol. The van der Waals surface area contributed by atoms with Gasteiger partial charge in [-0.05, 0) is 12.0 Å². The molecule has 70 valence electrons. The van der Waals surface area contributed by atoms with Crippen LogP contribution in [-0.4, -0.2) is 0 Å². The molecule has 0 spiro atoms. The van der Waals surface area contributed by atoms with Crippen LogP contribution in [0.5, 0.6) is 0 Å². The molecule has 0 saturated heterocycles. The van der Waals surface area contributed by atoms with E-state index in [-0.39, 0.29) is 0 Å². The second-order valence-corrected chi connectivity index (χ2v) is 3.47. The predicted octanol–water partition coefficient (Wildman–Crippen LogP) is 3.73. The zero-order valence-corrected chi connectivity index (χ0v) is 8.14. The van der Waals surface area contributed by atoms with Crippen molar-refractivity contribution in [3.63, 3.8) is 0 Å². The van der Waals surface area contributed by atoms with Crippen LogP contribution in [0.15, 0.2) is 72.4 Å². The van der Waals surface area contributed by atoms with Gasteiger partial charge in [-0.3, -0.25) is 0 Å². The predicted molar refractivity (Wildman–Crippen MR) is 61.9 cm³/mol. The van der Waals surface area contributed by atoms with Gasteiger partial charge < -0.3 is 0 Å². The van der Waals surface area contributed by atoms with E-state index in [1.807, 2.05) is 0 Å². The van der Waals surface area contributed by atoms with Gasteiger partial charge >= 0.3 is 0 Å². The molecule has 14 heavy (non-hydrogen) atoms. The third-order valence-electron chi connectivity index (χ3n) is 2.33. The van der Waals surface area contributed by atoms with E-state index in [1.54, 1.807) is 0 Å². The molecule has 2 aliphatic carbocycles. The summed E-state index contributed by atoms with van der Waals surface area (Å²) in [5.41, 5.74) is 1.36. The lowest BCUT2D eigenvalue weighted by atomic mass is 10.1. The number of hydrogen-bond donors (Lipinski definition) is 0. The van der Waals surface area contributed by atoms with E-state index in [4.69, 9.17) is 0 Å². The lowest BCUT2D eigenvalue weighted by Gasteiger charge is -1.97. The number of rotatable bonds is 2. The van der Waals surface area contributed by atoms with Crippen molar-refractivity contribution in [3.8, 4) is 0 Å². The average Bonchev–Trinajstić information content (AvgIpc) is 2.58. The average molecular weight is 182 g/mol. The Morgan fingerprint density at radius 1 is 1.00 bits per heavy atom. The van der Waals surface area contributed by atoms with Crippen molar-refractivity contribution in [3.05, 3.63) is 72.4 Å². The number of allylic oxidation sites excluding steroid dienone is 12. The third-order valence-corrected chi connectivity index (χ3v) is 2.33. The van der Waals surface area contributed by atoms with Crippen molar-refractivity contribution in [1.29, 1.82) is 0 Å². The molecule has 0 unspecified atom stereocenters. The van der Waals surface area contributed by atoms with Gasteiger partial charge in [-0.15, -0.1) is 0 Å². The Balaban J connectivity index is 1.99. The van der Waals surface area contributed by atoms with Gasteiger partial charge in [-0.1, -0.05) is 66.8 Å². The van der Waals surface area contributed by atoms with E-state index in [0.29, 0.717) is 5.92 Å². The lowest BCUT2D eigenvalue weighted by molar-refractivity contribution is 1.08. The molecule has 0 atom stereocenters. The van der Waals surface area contributed by atoms with Crippen molar-refractivity contribution in [2.45, 2.75) is 6.42 Å². The molecule has 0 nitrogen and oxygen atoms in total. The first-order valence-corrected chi connectivity index (χ1v) is 5.01. The summed E-state index contributed by atoms with van der Waals surface area (Å²) in [6, 6.07) is 0. The lowest BCUT2D eigenvalue weighted by Crippen LogP contribution is -1.82. The van der Waals surface area contributed by atoms with Crippen molar-refractivity contribution in [2.24, 2.45) is 5.92 Å². The minimum atomic E-state index is 0.493. The quantitative estimate of drug-likeness (QED) is 0.610. The van der Waals surface area contributed by atoms with Crippen LogP contribution in [0.4, 0.5) is 0 Å². The summed E-state index contributed by atoms with van der Waals surface area (Å²) in [5.74, 6) is 0.493. The van der Waals surface area contributed by atoms with Crippen molar-refractivity contribution < 1.29 is 0 Å². The number of hydrogen-bond acceptors (Lipinski definition) is 0. The van der Waals surface area contributed by atoms with Crippen molar-refractivity contribution >= 4 is 0 Å².